The maximum absolute atomic E-state index is 6.30. The Kier molecular flexibility index (Phi) is 4.09. The molecule has 0 bridgehead atoms. The van der Waals surface area contributed by atoms with Crippen molar-refractivity contribution >= 4 is 22.2 Å². The molecule has 2 heterocycles. The number of hydrogen-bond donors (Lipinski definition) is 1. The van der Waals surface area contributed by atoms with Gasteiger partial charge in [-0.2, -0.15) is 0 Å². The van der Waals surface area contributed by atoms with Crippen LogP contribution in [0.4, 0.5) is 0 Å². The summed E-state index contributed by atoms with van der Waals surface area (Å²) in [5.41, 5.74) is 8.51. The number of aromatic nitrogens is 1. The van der Waals surface area contributed by atoms with E-state index in [1.165, 1.54) is 15.8 Å². The van der Waals surface area contributed by atoms with E-state index in [0.29, 0.717) is 0 Å². The summed E-state index contributed by atoms with van der Waals surface area (Å²) in [4.78, 5) is 5.83. The van der Waals surface area contributed by atoms with Gasteiger partial charge in [0, 0.05) is 22.5 Å². The van der Waals surface area contributed by atoms with Gasteiger partial charge in [-0.1, -0.05) is 24.3 Å². The molecule has 0 amide bonds. The van der Waals surface area contributed by atoms with Crippen LogP contribution in [0.25, 0.3) is 10.9 Å². The summed E-state index contributed by atoms with van der Waals surface area (Å²) >= 11 is 1.82. The molecule has 3 aromatic rings. The largest absolute Gasteiger partial charge is 0.324 e. The third-order valence-corrected chi connectivity index (χ3v) is 4.51. The molecule has 0 spiro atoms. The zero-order valence-corrected chi connectivity index (χ0v) is 12.1. The Hall–Kier alpha value is -1.71. The van der Waals surface area contributed by atoms with Crippen LogP contribution in [0, 0.1) is 0 Å². The molecule has 0 aliphatic rings. The number of pyridine rings is 1. The Morgan fingerprint density at radius 2 is 2.10 bits per heavy atom. The van der Waals surface area contributed by atoms with Gasteiger partial charge < -0.3 is 5.73 Å². The molecule has 0 fully saturated rings. The molecular weight excluding hydrogens is 264 g/mol. The average Bonchev–Trinajstić information content (AvgIpc) is 3.00. The molecule has 0 aliphatic carbocycles. The monoisotopic (exact) mass is 282 g/mol. The summed E-state index contributed by atoms with van der Waals surface area (Å²) in [5, 5.41) is 3.30. The maximum Gasteiger partial charge on any atom is 0.0705 e. The first kappa shape index (κ1) is 13.3. The van der Waals surface area contributed by atoms with Gasteiger partial charge in [0.05, 0.1) is 5.52 Å². The normalized spacial score (nSPS) is 12.7. The number of aryl methyl sites for hydroxylation is 1. The van der Waals surface area contributed by atoms with Crippen LogP contribution in [0.2, 0.25) is 0 Å². The molecule has 1 unspecified atom stereocenters. The molecule has 1 atom stereocenters. The van der Waals surface area contributed by atoms with E-state index in [1.54, 1.807) is 0 Å². The van der Waals surface area contributed by atoms with Gasteiger partial charge in [-0.25, -0.2) is 0 Å². The van der Waals surface area contributed by atoms with E-state index in [1.807, 2.05) is 23.6 Å². The summed E-state index contributed by atoms with van der Waals surface area (Å²) in [6.45, 7) is 0. The molecule has 0 radical (unpaired) electrons. The molecule has 0 aliphatic heterocycles. The molecule has 20 heavy (non-hydrogen) atoms. The third kappa shape index (κ3) is 3.06. The molecule has 3 rings (SSSR count). The summed E-state index contributed by atoms with van der Waals surface area (Å²) in [5.74, 6) is 0. The van der Waals surface area contributed by atoms with Crippen molar-refractivity contribution in [2.75, 3.05) is 0 Å². The quantitative estimate of drug-likeness (QED) is 0.757. The molecule has 3 heteroatoms. The predicted molar refractivity (Wildman–Crippen MR) is 85.9 cm³/mol. The van der Waals surface area contributed by atoms with Gasteiger partial charge in [-0.3, -0.25) is 4.98 Å². The van der Waals surface area contributed by atoms with Gasteiger partial charge in [0.2, 0.25) is 0 Å². The second-order valence-corrected chi connectivity index (χ2v) is 6.07. The van der Waals surface area contributed by atoms with Gasteiger partial charge >= 0.3 is 0 Å². The van der Waals surface area contributed by atoms with Crippen LogP contribution in [-0.4, -0.2) is 4.98 Å². The first-order valence-corrected chi connectivity index (χ1v) is 7.83. The lowest BCUT2D eigenvalue weighted by Crippen LogP contribution is -2.10. The summed E-state index contributed by atoms with van der Waals surface area (Å²) < 4.78 is 0. The number of fused-ring (bicyclic) bond motifs is 1. The first-order chi connectivity index (χ1) is 9.83. The summed E-state index contributed by atoms with van der Waals surface area (Å²) in [7, 11) is 0. The molecule has 0 saturated carbocycles. The Labute approximate surface area is 123 Å². The maximum atomic E-state index is 6.30. The van der Waals surface area contributed by atoms with E-state index in [0.717, 1.165) is 24.8 Å². The van der Waals surface area contributed by atoms with Crippen LogP contribution in [-0.2, 0) is 6.42 Å². The molecule has 102 valence electrons. The number of rotatable bonds is 5. The van der Waals surface area contributed by atoms with E-state index >= 15 is 0 Å². The summed E-state index contributed by atoms with van der Waals surface area (Å²) in [6, 6.07) is 14.8. The molecule has 1 aromatic carbocycles. The topological polar surface area (TPSA) is 38.9 Å². The summed E-state index contributed by atoms with van der Waals surface area (Å²) in [6.07, 6.45) is 5.09. The van der Waals surface area contributed by atoms with Crippen LogP contribution >= 0.6 is 11.3 Å². The van der Waals surface area contributed by atoms with E-state index < -0.39 is 0 Å². The minimum Gasteiger partial charge on any atom is -0.324 e. The number of nitrogens with zero attached hydrogens (tertiary/aromatic N) is 1. The second-order valence-electron chi connectivity index (χ2n) is 5.03. The number of thiophene rings is 1. The van der Waals surface area contributed by atoms with Crippen molar-refractivity contribution in [2.45, 2.75) is 25.3 Å². The fourth-order valence-electron chi connectivity index (χ4n) is 2.43. The van der Waals surface area contributed by atoms with E-state index in [4.69, 9.17) is 5.73 Å². The lowest BCUT2D eigenvalue weighted by atomic mass is 10.00. The van der Waals surface area contributed by atoms with Crippen LogP contribution in [0.5, 0.6) is 0 Å². The highest BCUT2D eigenvalue weighted by Crippen LogP contribution is 2.22. The Bertz CT molecular complexity index is 676. The predicted octanol–water partition coefficient (Wildman–Crippen LogP) is 4.32. The van der Waals surface area contributed by atoms with E-state index in [2.05, 4.69) is 46.8 Å². The fourth-order valence-corrected chi connectivity index (χ4v) is 3.18. The zero-order chi connectivity index (χ0) is 13.8. The van der Waals surface area contributed by atoms with Crippen molar-refractivity contribution in [1.29, 1.82) is 0 Å². The van der Waals surface area contributed by atoms with Crippen LogP contribution < -0.4 is 5.73 Å². The van der Waals surface area contributed by atoms with Gasteiger partial charge in [-0.05, 0) is 48.4 Å². The van der Waals surface area contributed by atoms with Crippen molar-refractivity contribution in [2.24, 2.45) is 5.73 Å². The number of hydrogen-bond acceptors (Lipinski definition) is 3. The van der Waals surface area contributed by atoms with Crippen molar-refractivity contribution in [3.63, 3.8) is 0 Å². The van der Waals surface area contributed by atoms with Crippen molar-refractivity contribution < 1.29 is 0 Å². The van der Waals surface area contributed by atoms with Gasteiger partial charge in [0.1, 0.15) is 0 Å². The number of benzene rings is 1. The molecule has 0 saturated heterocycles. The lowest BCUT2D eigenvalue weighted by molar-refractivity contribution is 0.614. The molecule has 2 nitrogen and oxygen atoms in total. The van der Waals surface area contributed by atoms with Gasteiger partial charge in [0.15, 0.2) is 0 Å². The minimum absolute atomic E-state index is 0.0985. The number of nitrogens with two attached hydrogens (primary N) is 1. The minimum atomic E-state index is 0.0985. The van der Waals surface area contributed by atoms with Gasteiger partial charge in [0.25, 0.3) is 0 Å². The Balaban J connectivity index is 1.64. The average molecular weight is 282 g/mol. The zero-order valence-electron chi connectivity index (χ0n) is 11.3. The van der Waals surface area contributed by atoms with Gasteiger partial charge in [-0.15, -0.1) is 11.3 Å². The van der Waals surface area contributed by atoms with E-state index in [9.17, 15) is 0 Å². The molecule has 2 aromatic heterocycles. The fraction of sp³-hybridized carbons (Fsp3) is 0.235. The molecule has 2 N–H and O–H groups in total. The Morgan fingerprint density at radius 1 is 1.15 bits per heavy atom. The standard InChI is InChI=1S/C17H18N2S/c18-16(7-1-5-15-6-3-11-20-15)14-9-8-13-4-2-10-19-17(13)12-14/h2-4,6,8-12,16H,1,5,7,18H2. The van der Waals surface area contributed by atoms with Crippen molar-refractivity contribution in [3.8, 4) is 0 Å². The van der Waals surface area contributed by atoms with Crippen molar-refractivity contribution in [1.82, 2.24) is 4.98 Å². The van der Waals surface area contributed by atoms with Crippen LogP contribution in [0.15, 0.2) is 54.0 Å². The van der Waals surface area contributed by atoms with Crippen LogP contribution in [0.1, 0.15) is 29.3 Å². The smallest absolute Gasteiger partial charge is 0.0705 e. The van der Waals surface area contributed by atoms with Crippen LogP contribution in [0.3, 0.4) is 0 Å². The SMILES string of the molecule is NC(CCCc1cccs1)c1ccc2cccnc2c1. The highest BCUT2D eigenvalue weighted by molar-refractivity contribution is 7.09. The molecular formula is C17H18N2S. The Morgan fingerprint density at radius 3 is 2.95 bits per heavy atom. The lowest BCUT2D eigenvalue weighted by Gasteiger charge is -2.12. The first-order valence-electron chi connectivity index (χ1n) is 6.95. The third-order valence-electron chi connectivity index (χ3n) is 3.58. The van der Waals surface area contributed by atoms with E-state index in [-0.39, 0.29) is 6.04 Å². The second kappa shape index (κ2) is 6.16. The van der Waals surface area contributed by atoms with Crippen molar-refractivity contribution in [3.05, 3.63) is 64.5 Å². The highest BCUT2D eigenvalue weighted by Gasteiger charge is 2.07. The highest BCUT2D eigenvalue weighted by atomic mass is 32.1.